The van der Waals surface area contributed by atoms with Crippen LogP contribution in [0.15, 0.2) is 29.8 Å². The summed E-state index contributed by atoms with van der Waals surface area (Å²) in [5, 5.41) is 2.66. The van der Waals surface area contributed by atoms with Crippen molar-refractivity contribution in [3.8, 4) is 5.69 Å². The van der Waals surface area contributed by atoms with Crippen LogP contribution >= 0.6 is 12.2 Å². The van der Waals surface area contributed by atoms with Gasteiger partial charge in [-0.05, 0) is 69.2 Å². The lowest BCUT2D eigenvalue weighted by atomic mass is 10.1. The van der Waals surface area contributed by atoms with Crippen LogP contribution in [0.1, 0.15) is 28.1 Å². The Labute approximate surface area is 158 Å². The molecule has 1 aliphatic heterocycles. The molecule has 3 rings (SSSR count). The van der Waals surface area contributed by atoms with Gasteiger partial charge in [0.1, 0.15) is 5.57 Å². The number of amides is 2. The minimum atomic E-state index is -0.464. The van der Waals surface area contributed by atoms with E-state index in [1.807, 2.05) is 19.9 Å². The van der Waals surface area contributed by atoms with Gasteiger partial charge in [0.15, 0.2) is 5.11 Å². The molecule has 134 valence electrons. The summed E-state index contributed by atoms with van der Waals surface area (Å²) in [6.07, 6.45) is 1.64. The molecule has 1 aliphatic rings. The Morgan fingerprint density at radius 3 is 2.42 bits per heavy atom. The fraction of sp³-hybridized carbons (Fsp3) is 0.250. The number of hydrogen-bond donors (Lipinski definition) is 1. The Morgan fingerprint density at radius 2 is 1.77 bits per heavy atom. The number of likely N-dealkylation sites (N-methyl/N-ethyl adjacent to an activating group) is 1. The molecular weight excluding hydrogens is 346 g/mol. The zero-order valence-electron chi connectivity index (χ0n) is 15.5. The van der Waals surface area contributed by atoms with Crippen LogP contribution in [0.25, 0.3) is 11.8 Å². The number of aromatic nitrogens is 1. The maximum atomic E-state index is 12.4. The molecular formula is C20H21N3O2S. The third-order valence-corrected chi connectivity index (χ3v) is 5.04. The highest BCUT2D eigenvalue weighted by atomic mass is 32.1. The Hall–Kier alpha value is -2.73. The normalized spacial score (nSPS) is 16.4. The van der Waals surface area contributed by atoms with Gasteiger partial charge >= 0.3 is 0 Å². The van der Waals surface area contributed by atoms with Crippen LogP contribution in [0, 0.1) is 27.7 Å². The minimum absolute atomic E-state index is 0.0852. The van der Waals surface area contributed by atoms with Crippen LogP contribution in [0.4, 0.5) is 0 Å². The van der Waals surface area contributed by atoms with Crippen molar-refractivity contribution in [1.29, 1.82) is 0 Å². The average molecular weight is 367 g/mol. The predicted molar refractivity (Wildman–Crippen MR) is 106 cm³/mol. The number of nitrogens with one attached hydrogen (secondary N) is 1. The highest BCUT2D eigenvalue weighted by molar-refractivity contribution is 7.80. The van der Waals surface area contributed by atoms with E-state index in [0.717, 1.165) is 22.6 Å². The second kappa shape index (κ2) is 6.53. The summed E-state index contributed by atoms with van der Waals surface area (Å²) in [6.45, 7) is 8.14. The number of rotatable bonds is 2. The number of benzene rings is 1. The van der Waals surface area contributed by atoms with E-state index < -0.39 is 11.8 Å². The minimum Gasteiger partial charge on any atom is -0.318 e. The third kappa shape index (κ3) is 2.97. The molecule has 26 heavy (non-hydrogen) atoms. The van der Waals surface area contributed by atoms with Crippen molar-refractivity contribution in [2.75, 3.05) is 7.05 Å². The molecule has 1 aromatic heterocycles. The lowest BCUT2D eigenvalue weighted by Gasteiger charge is -2.25. The second-order valence-electron chi connectivity index (χ2n) is 6.63. The Bertz CT molecular complexity index is 985. The van der Waals surface area contributed by atoms with Gasteiger partial charge in [-0.25, -0.2) is 0 Å². The van der Waals surface area contributed by atoms with Gasteiger partial charge in [0.25, 0.3) is 11.8 Å². The first-order valence-corrected chi connectivity index (χ1v) is 8.73. The second-order valence-corrected chi connectivity index (χ2v) is 7.02. The molecule has 2 amide bonds. The third-order valence-electron chi connectivity index (χ3n) is 4.67. The summed E-state index contributed by atoms with van der Waals surface area (Å²) in [6, 6.07) is 8.29. The average Bonchev–Trinajstić information content (AvgIpc) is 2.84. The molecule has 0 radical (unpaired) electrons. The highest BCUT2D eigenvalue weighted by Crippen LogP contribution is 2.26. The molecule has 0 aliphatic carbocycles. The van der Waals surface area contributed by atoms with E-state index in [0.29, 0.717) is 0 Å². The molecule has 0 bridgehead atoms. The van der Waals surface area contributed by atoms with Crippen LogP contribution in [0.3, 0.4) is 0 Å². The topological polar surface area (TPSA) is 54.3 Å². The van der Waals surface area contributed by atoms with Gasteiger partial charge in [0, 0.05) is 24.1 Å². The van der Waals surface area contributed by atoms with E-state index in [1.54, 1.807) is 13.1 Å². The molecule has 6 heteroatoms. The van der Waals surface area contributed by atoms with E-state index >= 15 is 0 Å². The molecule has 1 aromatic carbocycles. The molecule has 0 spiro atoms. The van der Waals surface area contributed by atoms with Gasteiger partial charge in [-0.1, -0.05) is 17.7 Å². The number of nitrogens with zero attached hydrogens (tertiary/aromatic N) is 2. The maximum absolute atomic E-state index is 12.4. The first-order chi connectivity index (χ1) is 12.2. The van der Waals surface area contributed by atoms with Crippen molar-refractivity contribution >= 4 is 35.2 Å². The first kappa shape index (κ1) is 18.1. The van der Waals surface area contributed by atoms with Crippen molar-refractivity contribution in [3.05, 3.63) is 57.9 Å². The van der Waals surface area contributed by atoms with E-state index in [2.05, 4.69) is 41.9 Å². The lowest BCUT2D eigenvalue weighted by Crippen LogP contribution is -2.52. The number of thiocarbonyl (C=S) groups is 1. The predicted octanol–water partition coefficient (Wildman–Crippen LogP) is 2.97. The molecule has 2 heterocycles. The van der Waals surface area contributed by atoms with E-state index in [9.17, 15) is 9.59 Å². The number of hydrogen-bond acceptors (Lipinski definition) is 3. The SMILES string of the molecule is Cc1ccc(-n2c(C)cc(C=C3C(=O)NC(=S)N(C)C3=O)c2C)c(C)c1. The molecule has 1 N–H and O–H groups in total. The zero-order chi connectivity index (χ0) is 19.2. The van der Waals surface area contributed by atoms with Gasteiger partial charge in [-0.15, -0.1) is 0 Å². The Balaban J connectivity index is 2.10. The molecule has 2 aromatic rings. The van der Waals surface area contributed by atoms with Gasteiger partial charge in [0.2, 0.25) is 0 Å². The van der Waals surface area contributed by atoms with E-state index in [1.165, 1.54) is 16.0 Å². The van der Waals surface area contributed by atoms with Crippen LogP contribution < -0.4 is 5.32 Å². The van der Waals surface area contributed by atoms with Crippen molar-refractivity contribution in [2.24, 2.45) is 0 Å². The summed E-state index contributed by atoms with van der Waals surface area (Å²) in [4.78, 5) is 25.9. The van der Waals surface area contributed by atoms with E-state index in [4.69, 9.17) is 12.2 Å². The number of carbonyl (C=O) groups excluding carboxylic acids is 2. The van der Waals surface area contributed by atoms with Crippen molar-refractivity contribution < 1.29 is 9.59 Å². The summed E-state index contributed by atoms with van der Waals surface area (Å²) in [7, 11) is 1.55. The highest BCUT2D eigenvalue weighted by Gasteiger charge is 2.31. The summed E-state index contributed by atoms with van der Waals surface area (Å²) in [5.74, 6) is -0.857. The zero-order valence-corrected chi connectivity index (χ0v) is 16.3. The Morgan fingerprint density at radius 1 is 1.08 bits per heavy atom. The molecule has 0 saturated carbocycles. The largest absolute Gasteiger partial charge is 0.318 e. The van der Waals surface area contributed by atoms with Gasteiger partial charge in [0.05, 0.1) is 0 Å². The molecule has 1 saturated heterocycles. The molecule has 1 fully saturated rings. The van der Waals surface area contributed by atoms with Crippen LogP contribution in [0.2, 0.25) is 0 Å². The molecule has 5 nitrogen and oxygen atoms in total. The van der Waals surface area contributed by atoms with Crippen molar-refractivity contribution in [3.63, 3.8) is 0 Å². The van der Waals surface area contributed by atoms with Gasteiger partial charge < -0.3 is 4.57 Å². The van der Waals surface area contributed by atoms with E-state index in [-0.39, 0.29) is 10.7 Å². The fourth-order valence-corrected chi connectivity index (χ4v) is 3.44. The lowest BCUT2D eigenvalue weighted by molar-refractivity contribution is -0.128. The quantitative estimate of drug-likeness (QED) is 0.504. The summed E-state index contributed by atoms with van der Waals surface area (Å²) in [5.41, 5.74) is 6.39. The summed E-state index contributed by atoms with van der Waals surface area (Å²) < 4.78 is 2.14. The van der Waals surface area contributed by atoms with Crippen molar-refractivity contribution in [1.82, 2.24) is 14.8 Å². The monoisotopic (exact) mass is 367 g/mol. The van der Waals surface area contributed by atoms with Gasteiger partial charge in [-0.2, -0.15) is 0 Å². The smallest absolute Gasteiger partial charge is 0.265 e. The molecule has 0 unspecified atom stereocenters. The summed E-state index contributed by atoms with van der Waals surface area (Å²) >= 11 is 4.98. The van der Waals surface area contributed by atoms with Crippen LogP contribution in [-0.4, -0.2) is 33.4 Å². The van der Waals surface area contributed by atoms with Gasteiger partial charge in [-0.3, -0.25) is 19.8 Å². The van der Waals surface area contributed by atoms with Crippen molar-refractivity contribution in [2.45, 2.75) is 27.7 Å². The maximum Gasteiger partial charge on any atom is 0.265 e. The molecule has 0 atom stereocenters. The first-order valence-electron chi connectivity index (χ1n) is 8.32. The fourth-order valence-electron chi connectivity index (χ4n) is 3.26. The van der Waals surface area contributed by atoms with Crippen LogP contribution in [-0.2, 0) is 9.59 Å². The number of carbonyl (C=O) groups is 2. The Kier molecular flexibility index (Phi) is 4.54. The van der Waals surface area contributed by atoms with Crippen LogP contribution in [0.5, 0.6) is 0 Å². The number of aryl methyl sites for hydroxylation is 3. The standard InChI is InChI=1S/C20H21N3O2S/c1-11-6-7-17(12(2)8-11)23-13(3)9-15(14(23)4)10-16-18(24)21-20(26)22(5)19(16)25/h6-10H,1-5H3,(H,21,24,26).